The van der Waals surface area contributed by atoms with E-state index in [1.807, 2.05) is 6.08 Å². The molecule has 9 heteroatoms. The van der Waals surface area contributed by atoms with Crippen LogP contribution in [0.2, 0.25) is 0 Å². The number of hydrogen-bond donors (Lipinski definition) is 4. The van der Waals surface area contributed by atoms with Crippen LogP contribution in [0.4, 0.5) is 0 Å². The van der Waals surface area contributed by atoms with Crippen LogP contribution in [0.25, 0.3) is 0 Å². The first-order valence-electron chi connectivity index (χ1n) is 17.8. The van der Waals surface area contributed by atoms with Gasteiger partial charge >= 0.3 is 7.82 Å². The maximum absolute atomic E-state index is 12.6. The van der Waals surface area contributed by atoms with Gasteiger partial charge < -0.3 is 21.1 Å². The van der Waals surface area contributed by atoms with Crippen LogP contribution in [0, 0.1) is 0 Å². The van der Waals surface area contributed by atoms with Crippen molar-refractivity contribution in [3.63, 3.8) is 0 Å². The summed E-state index contributed by atoms with van der Waals surface area (Å²) < 4.78 is 21.9. The van der Waals surface area contributed by atoms with Crippen molar-refractivity contribution in [2.75, 3.05) is 19.8 Å². The number of phosphoric acid groups is 1. The molecule has 1 amide bonds. The second kappa shape index (κ2) is 31.2. The van der Waals surface area contributed by atoms with E-state index in [-0.39, 0.29) is 25.7 Å². The number of rotatable bonds is 33. The minimum atomic E-state index is -4.32. The number of aliphatic hydroxyl groups is 1. The average molecular weight is 633 g/mol. The van der Waals surface area contributed by atoms with Gasteiger partial charge in [0.1, 0.15) is 0 Å². The molecule has 0 aliphatic carbocycles. The second-order valence-electron chi connectivity index (χ2n) is 12.1. The van der Waals surface area contributed by atoms with Gasteiger partial charge in [-0.3, -0.25) is 13.8 Å². The molecular formula is C34H69N2O6P. The number of unbranched alkanes of at least 4 members (excludes halogenated alkanes) is 21. The smallest absolute Gasteiger partial charge is 0.387 e. The zero-order valence-electron chi connectivity index (χ0n) is 28.0. The molecule has 0 saturated carbocycles. The van der Waals surface area contributed by atoms with E-state index >= 15 is 0 Å². The Bertz CT molecular complexity index is 694. The zero-order chi connectivity index (χ0) is 31.9. The van der Waals surface area contributed by atoms with Crippen molar-refractivity contribution in [2.45, 2.75) is 180 Å². The van der Waals surface area contributed by atoms with E-state index in [4.69, 9.17) is 14.8 Å². The monoisotopic (exact) mass is 632 g/mol. The molecule has 0 rings (SSSR count). The van der Waals surface area contributed by atoms with Gasteiger partial charge in [-0.15, -0.1) is 0 Å². The third-order valence-corrected chi connectivity index (χ3v) is 8.85. The normalized spacial score (nSPS) is 14.6. The molecule has 43 heavy (non-hydrogen) atoms. The number of phosphoric ester groups is 1. The highest BCUT2D eigenvalue weighted by Gasteiger charge is 2.26. The molecular weight excluding hydrogens is 563 g/mol. The minimum absolute atomic E-state index is 0.0807. The average Bonchev–Trinajstić information content (AvgIpc) is 2.99. The van der Waals surface area contributed by atoms with E-state index in [2.05, 4.69) is 19.2 Å². The SMILES string of the molecule is CCCCCCCCCC/C=C/C(O)C(COP(=O)(O)OCCN)NC(=O)CCCCCCCCCCCCCCCC. The molecule has 3 atom stereocenters. The summed E-state index contributed by atoms with van der Waals surface area (Å²) in [5, 5.41) is 13.5. The van der Waals surface area contributed by atoms with E-state index in [1.165, 1.54) is 109 Å². The lowest BCUT2D eigenvalue weighted by Gasteiger charge is -2.23. The van der Waals surface area contributed by atoms with Gasteiger partial charge in [0.2, 0.25) is 5.91 Å². The number of carbonyl (C=O) groups is 1. The number of nitrogens with one attached hydrogen (secondary N) is 1. The fraction of sp³-hybridized carbons (Fsp3) is 0.912. The molecule has 8 nitrogen and oxygen atoms in total. The number of hydrogen-bond acceptors (Lipinski definition) is 6. The van der Waals surface area contributed by atoms with E-state index in [1.54, 1.807) is 6.08 Å². The summed E-state index contributed by atoms with van der Waals surface area (Å²) in [7, 11) is -4.32. The summed E-state index contributed by atoms with van der Waals surface area (Å²) in [5.41, 5.74) is 5.34. The van der Waals surface area contributed by atoms with Crippen LogP contribution >= 0.6 is 7.82 Å². The Labute approximate surface area is 265 Å². The Hall–Kier alpha value is -0.760. The molecule has 0 aliphatic heterocycles. The summed E-state index contributed by atoms with van der Waals surface area (Å²) >= 11 is 0. The Kier molecular flexibility index (Phi) is 30.7. The van der Waals surface area contributed by atoms with Gasteiger partial charge in [0.15, 0.2) is 0 Å². The van der Waals surface area contributed by atoms with E-state index in [0.29, 0.717) is 6.42 Å². The Morgan fingerprint density at radius 3 is 1.65 bits per heavy atom. The molecule has 0 aromatic carbocycles. The predicted octanol–water partition coefficient (Wildman–Crippen LogP) is 8.88. The summed E-state index contributed by atoms with van der Waals surface area (Å²) in [6.45, 7) is 4.10. The molecule has 0 aromatic heterocycles. The van der Waals surface area contributed by atoms with Crippen LogP contribution in [0.3, 0.4) is 0 Å². The third kappa shape index (κ3) is 29.7. The quantitative estimate of drug-likeness (QED) is 0.0323. The molecule has 0 fully saturated rings. The molecule has 5 N–H and O–H groups in total. The Morgan fingerprint density at radius 2 is 1.19 bits per heavy atom. The van der Waals surface area contributed by atoms with Gasteiger partial charge in [-0.25, -0.2) is 4.57 Å². The molecule has 0 aromatic rings. The number of carbonyl (C=O) groups excluding carboxylic acids is 1. The van der Waals surface area contributed by atoms with Crippen molar-refractivity contribution in [1.82, 2.24) is 5.32 Å². The first kappa shape index (κ1) is 42.2. The predicted molar refractivity (Wildman–Crippen MR) is 180 cm³/mol. The van der Waals surface area contributed by atoms with E-state index < -0.39 is 20.0 Å². The van der Waals surface area contributed by atoms with Gasteiger partial charge in [-0.1, -0.05) is 154 Å². The van der Waals surface area contributed by atoms with Gasteiger partial charge in [0.25, 0.3) is 0 Å². The zero-order valence-corrected chi connectivity index (χ0v) is 28.8. The highest BCUT2D eigenvalue weighted by molar-refractivity contribution is 7.47. The van der Waals surface area contributed by atoms with Crippen molar-refractivity contribution in [3.8, 4) is 0 Å². The molecule has 0 spiro atoms. The van der Waals surface area contributed by atoms with Gasteiger partial charge in [0, 0.05) is 13.0 Å². The van der Waals surface area contributed by atoms with Crippen molar-refractivity contribution in [2.24, 2.45) is 5.73 Å². The molecule has 256 valence electrons. The standard InChI is InChI=1S/C34H69N2O6P/c1-3-5-7-9-11-13-15-16-17-18-20-22-24-26-28-34(38)36-32(31-42-43(39,40)41-30-29-35)33(37)27-25-23-21-19-14-12-10-8-6-4-2/h25,27,32-33,37H,3-24,26,28-31,35H2,1-2H3,(H,36,38)(H,39,40)/b27-25+. The minimum Gasteiger partial charge on any atom is -0.387 e. The third-order valence-electron chi connectivity index (χ3n) is 7.86. The second-order valence-corrected chi connectivity index (χ2v) is 13.5. The lowest BCUT2D eigenvalue weighted by molar-refractivity contribution is -0.123. The molecule has 0 radical (unpaired) electrons. The molecule has 0 bridgehead atoms. The summed E-state index contributed by atoms with van der Waals surface area (Å²) in [4.78, 5) is 22.5. The highest BCUT2D eigenvalue weighted by Crippen LogP contribution is 2.43. The number of amides is 1. The topological polar surface area (TPSA) is 131 Å². The van der Waals surface area contributed by atoms with Crippen LogP contribution < -0.4 is 11.1 Å². The lowest BCUT2D eigenvalue weighted by atomic mass is 10.0. The van der Waals surface area contributed by atoms with Crippen LogP contribution in [0.5, 0.6) is 0 Å². The maximum Gasteiger partial charge on any atom is 0.472 e. The Morgan fingerprint density at radius 1 is 0.744 bits per heavy atom. The van der Waals surface area contributed by atoms with Gasteiger partial charge in [-0.2, -0.15) is 0 Å². The van der Waals surface area contributed by atoms with E-state index in [9.17, 15) is 19.4 Å². The van der Waals surface area contributed by atoms with Crippen molar-refractivity contribution in [3.05, 3.63) is 12.2 Å². The number of nitrogens with two attached hydrogens (primary N) is 1. The van der Waals surface area contributed by atoms with Crippen LogP contribution in [0.15, 0.2) is 12.2 Å². The summed E-state index contributed by atoms with van der Waals surface area (Å²) in [6, 6.07) is -0.851. The number of allylic oxidation sites excluding steroid dienone is 1. The van der Waals surface area contributed by atoms with Crippen molar-refractivity contribution < 1.29 is 28.4 Å². The summed E-state index contributed by atoms with van der Waals surface area (Å²) in [6.07, 6.45) is 31.1. The molecule has 0 saturated heterocycles. The van der Waals surface area contributed by atoms with Crippen LogP contribution in [-0.4, -0.2) is 47.8 Å². The maximum atomic E-state index is 12.6. The molecule has 0 aliphatic rings. The number of aliphatic hydroxyl groups excluding tert-OH is 1. The summed E-state index contributed by atoms with van der Waals surface area (Å²) in [5.74, 6) is -0.196. The van der Waals surface area contributed by atoms with Crippen LogP contribution in [-0.2, 0) is 18.4 Å². The van der Waals surface area contributed by atoms with Gasteiger partial charge in [0.05, 0.1) is 25.4 Å². The van der Waals surface area contributed by atoms with Gasteiger partial charge in [-0.05, 0) is 19.3 Å². The van der Waals surface area contributed by atoms with Crippen LogP contribution in [0.1, 0.15) is 168 Å². The first-order chi connectivity index (χ1) is 20.9. The lowest BCUT2D eigenvalue weighted by Crippen LogP contribution is -2.45. The van der Waals surface area contributed by atoms with Crippen molar-refractivity contribution >= 4 is 13.7 Å². The highest BCUT2D eigenvalue weighted by atomic mass is 31.2. The Balaban J connectivity index is 4.31. The fourth-order valence-corrected chi connectivity index (χ4v) is 5.89. The molecule has 3 unspecified atom stereocenters. The fourth-order valence-electron chi connectivity index (χ4n) is 5.13. The van der Waals surface area contributed by atoms with Crippen molar-refractivity contribution in [1.29, 1.82) is 0 Å². The van der Waals surface area contributed by atoms with E-state index in [0.717, 1.165) is 38.5 Å². The molecule has 0 heterocycles. The first-order valence-corrected chi connectivity index (χ1v) is 19.3. The largest absolute Gasteiger partial charge is 0.472 e.